The number of ether oxygens (including phenoxy) is 1. The standard InChI is InChI=1S/C8H13NO/c1-2-3-8-5-4-7(9)6-10-8/h1,7-8H,3-6,9H2. The first-order chi connectivity index (χ1) is 4.83. The van der Waals surface area contributed by atoms with Crippen molar-refractivity contribution >= 4 is 0 Å². The van der Waals surface area contributed by atoms with Crippen LogP contribution in [0.5, 0.6) is 0 Å². The quantitative estimate of drug-likeness (QED) is 0.537. The van der Waals surface area contributed by atoms with E-state index in [1.165, 1.54) is 0 Å². The Bertz CT molecular complexity index is 131. The van der Waals surface area contributed by atoms with Gasteiger partial charge in [-0.2, -0.15) is 0 Å². The molecule has 56 valence electrons. The molecule has 2 N–H and O–H groups in total. The van der Waals surface area contributed by atoms with Gasteiger partial charge in [0.15, 0.2) is 0 Å². The first kappa shape index (κ1) is 7.59. The Morgan fingerprint density at radius 2 is 2.40 bits per heavy atom. The third-order valence-electron chi connectivity index (χ3n) is 1.75. The highest BCUT2D eigenvalue weighted by Gasteiger charge is 2.17. The van der Waals surface area contributed by atoms with E-state index >= 15 is 0 Å². The lowest BCUT2D eigenvalue weighted by molar-refractivity contribution is 0.00891. The van der Waals surface area contributed by atoms with Crippen molar-refractivity contribution in [3.8, 4) is 12.3 Å². The fourth-order valence-electron chi connectivity index (χ4n) is 1.12. The van der Waals surface area contributed by atoms with Gasteiger partial charge in [0.05, 0.1) is 12.7 Å². The van der Waals surface area contributed by atoms with E-state index in [2.05, 4.69) is 5.92 Å². The Balaban J connectivity index is 2.21. The molecule has 0 amide bonds. The van der Waals surface area contributed by atoms with Crippen LogP contribution in [0, 0.1) is 12.3 Å². The summed E-state index contributed by atoms with van der Waals surface area (Å²) < 4.78 is 5.36. The highest BCUT2D eigenvalue weighted by molar-refractivity contribution is 4.89. The van der Waals surface area contributed by atoms with E-state index in [-0.39, 0.29) is 12.1 Å². The minimum absolute atomic E-state index is 0.231. The predicted octanol–water partition coefficient (Wildman–Crippen LogP) is 0.516. The van der Waals surface area contributed by atoms with Crippen molar-refractivity contribution < 1.29 is 4.74 Å². The van der Waals surface area contributed by atoms with Crippen molar-refractivity contribution in [3.05, 3.63) is 0 Å². The molecule has 0 aliphatic carbocycles. The van der Waals surface area contributed by atoms with Gasteiger partial charge in [0.1, 0.15) is 0 Å². The van der Waals surface area contributed by atoms with Gasteiger partial charge in [0.2, 0.25) is 0 Å². The van der Waals surface area contributed by atoms with Crippen LogP contribution in [0.1, 0.15) is 19.3 Å². The van der Waals surface area contributed by atoms with Crippen LogP contribution in [-0.4, -0.2) is 18.8 Å². The van der Waals surface area contributed by atoms with Crippen LogP contribution in [-0.2, 0) is 4.74 Å². The molecule has 0 bridgehead atoms. The second-order valence-electron chi connectivity index (χ2n) is 2.70. The summed E-state index contributed by atoms with van der Waals surface area (Å²) >= 11 is 0. The predicted molar refractivity (Wildman–Crippen MR) is 40.4 cm³/mol. The zero-order valence-corrected chi connectivity index (χ0v) is 6.05. The van der Waals surface area contributed by atoms with Crippen LogP contribution >= 0.6 is 0 Å². The van der Waals surface area contributed by atoms with Gasteiger partial charge in [-0.05, 0) is 12.8 Å². The maximum absolute atomic E-state index is 5.62. The first-order valence-electron chi connectivity index (χ1n) is 3.63. The Hall–Kier alpha value is -0.520. The van der Waals surface area contributed by atoms with Crippen molar-refractivity contribution in [2.45, 2.75) is 31.4 Å². The number of nitrogens with two attached hydrogens (primary N) is 1. The van der Waals surface area contributed by atoms with Crippen LogP contribution in [0.3, 0.4) is 0 Å². The second kappa shape index (κ2) is 3.60. The van der Waals surface area contributed by atoms with Crippen LogP contribution in [0.15, 0.2) is 0 Å². The fourth-order valence-corrected chi connectivity index (χ4v) is 1.12. The van der Waals surface area contributed by atoms with E-state index in [1.807, 2.05) is 0 Å². The molecule has 0 radical (unpaired) electrons. The average Bonchev–Trinajstić information content (AvgIpc) is 1.95. The number of rotatable bonds is 1. The Morgan fingerprint density at radius 1 is 1.60 bits per heavy atom. The Labute approximate surface area is 61.7 Å². The molecular formula is C8H13NO. The molecule has 2 unspecified atom stereocenters. The largest absolute Gasteiger partial charge is 0.376 e. The molecule has 1 rings (SSSR count). The summed E-state index contributed by atoms with van der Waals surface area (Å²) in [6.45, 7) is 0.673. The molecule has 2 atom stereocenters. The van der Waals surface area contributed by atoms with Gasteiger partial charge in [0.25, 0.3) is 0 Å². The lowest BCUT2D eigenvalue weighted by Crippen LogP contribution is -2.35. The summed E-state index contributed by atoms with van der Waals surface area (Å²) in [6.07, 6.45) is 8.20. The van der Waals surface area contributed by atoms with E-state index in [0.717, 1.165) is 19.3 Å². The van der Waals surface area contributed by atoms with Crippen LogP contribution in [0.2, 0.25) is 0 Å². The zero-order chi connectivity index (χ0) is 7.40. The molecule has 2 heteroatoms. The molecule has 0 aromatic rings. The summed E-state index contributed by atoms with van der Waals surface area (Å²) in [6, 6.07) is 0.231. The van der Waals surface area contributed by atoms with Gasteiger partial charge < -0.3 is 10.5 Å². The van der Waals surface area contributed by atoms with E-state index in [1.54, 1.807) is 0 Å². The smallest absolute Gasteiger partial charge is 0.0685 e. The summed E-state index contributed by atoms with van der Waals surface area (Å²) in [7, 11) is 0. The highest BCUT2D eigenvalue weighted by atomic mass is 16.5. The lowest BCUT2D eigenvalue weighted by Gasteiger charge is -2.25. The van der Waals surface area contributed by atoms with Gasteiger partial charge in [-0.25, -0.2) is 0 Å². The molecule has 0 aromatic carbocycles. The third kappa shape index (κ3) is 2.02. The third-order valence-corrected chi connectivity index (χ3v) is 1.75. The van der Waals surface area contributed by atoms with Crippen molar-refractivity contribution in [1.29, 1.82) is 0 Å². The molecule has 1 fully saturated rings. The number of terminal acetylenes is 1. The lowest BCUT2D eigenvalue weighted by atomic mass is 10.0. The molecule has 0 aromatic heterocycles. The molecule has 1 heterocycles. The normalized spacial score (nSPS) is 33.2. The highest BCUT2D eigenvalue weighted by Crippen LogP contribution is 2.13. The summed E-state index contributed by atoms with van der Waals surface area (Å²) in [5.74, 6) is 2.59. The monoisotopic (exact) mass is 139 g/mol. The second-order valence-corrected chi connectivity index (χ2v) is 2.70. The molecule has 2 nitrogen and oxygen atoms in total. The van der Waals surface area contributed by atoms with Crippen LogP contribution in [0.25, 0.3) is 0 Å². The summed E-state index contributed by atoms with van der Waals surface area (Å²) in [5.41, 5.74) is 5.62. The average molecular weight is 139 g/mol. The maximum Gasteiger partial charge on any atom is 0.0685 e. The molecule has 10 heavy (non-hydrogen) atoms. The summed E-state index contributed by atoms with van der Waals surface area (Å²) in [4.78, 5) is 0. The topological polar surface area (TPSA) is 35.2 Å². The van der Waals surface area contributed by atoms with E-state index in [4.69, 9.17) is 16.9 Å². The molecule has 1 aliphatic heterocycles. The van der Waals surface area contributed by atoms with Gasteiger partial charge in [0, 0.05) is 12.5 Å². The zero-order valence-electron chi connectivity index (χ0n) is 6.05. The van der Waals surface area contributed by atoms with Crippen LogP contribution < -0.4 is 5.73 Å². The molecular weight excluding hydrogens is 126 g/mol. The van der Waals surface area contributed by atoms with E-state index in [9.17, 15) is 0 Å². The van der Waals surface area contributed by atoms with Gasteiger partial charge in [-0.15, -0.1) is 12.3 Å². The Morgan fingerprint density at radius 3 is 2.90 bits per heavy atom. The van der Waals surface area contributed by atoms with Crippen molar-refractivity contribution in [2.24, 2.45) is 5.73 Å². The molecule has 0 saturated carbocycles. The van der Waals surface area contributed by atoms with Crippen molar-refractivity contribution in [3.63, 3.8) is 0 Å². The fraction of sp³-hybridized carbons (Fsp3) is 0.750. The van der Waals surface area contributed by atoms with E-state index in [0.29, 0.717) is 6.61 Å². The van der Waals surface area contributed by atoms with Crippen molar-refractivity contribution in [1.82, 2.24) is 0 Å². The van der Waals surface area contributed by atoms with Gasteiger partial charge in [-0.3, -0.25) is 0 Å². The molecule has 1 saturated heterocycles. The first-order valence-corrected chi connectivity index (χ1v) is 3.63. The molecule has 1 aliphatic rings. The SMILES string of the molecule is C#CCC1CCC(N)CO1. The minimum atomic E-state index is 0.231. The number of hydrogen-bond acceptors (Lipinski definition) is 2. The number of hydrogen-bond donors (Lipinski definition) is 1. The van der Waals surface area contributed by atoms with Crippen molar-refractivity contribution in [2.75, 3.05) is 6.61 Å². The summed E-state index contributed by atoms with van der Waals surface area (Å²) in [5, 5.41) is 0. The maximum atomic E-state index is 5.62. The van der Waals surface area contributed by atoms with Gasteiger partial charge >= 0.3 is 0 Å². The minimum Gasteiger partial charge on any atom is -0.376 e. The Kier molecular flexibility index (Phi) is 2.73. The van der Waals surface area contributed by atoms with Crippen LogP contribution in [0.4, 0.5) is 0 Å². The van der Waals surface area contributed by atoms with Gasteiger partial charge in [-0.1, -0.05) is 0 Å². The molecule has 0 spiro atoms. The van der Waals surface area contributed by atoms with E-state index < -0.39 is 0 Å².